The Bertz CT molecular complexity index is 1330. The molecule has 0 aliphatic heterocycles. The molecular weight excluding hydrogens is 416 g/mol. The summed E-state index contributed by atoms with van der Waals surface area (Å²) in [6, 6.07) is 23.9. The van der Waals surface area contributed by atoms with E-state index in [0.717, 1.165) is 12.0 Å². The van der Waals surface area contributed by atoms with Gasteiger partial charge in [-0.1, -0.05) is 54.6 Å². The van der Waals surface area contributed by atoms with Crippen LogP contribution in [0.4, 0.5) is 5.69 Å². The number of para-hydroxylation sites is 2. The van der Waals surface area contributed by atoms with E-state index < -0.39 is 0 Å². The third-order valence-electron chi connectivity index (χ3n) is 5.30. The molecule has 7 nitrogen and oxygen atoms in total. The zero-order valence-electron chi connectivity index (χ0n) is 18.0. The number of aryl methyl sites for hydroxylation is 1. The van der Waals surface area contributed by atoms with Crippen LogP contribution in [0.15, 0.2) is 90.0 Å². The van der Waals surface area contributed by atoms with E-state index >= 15 is 0 Å². The van der Waals surface area contributed by atoms with Gasteiger partial charge in [0.15, 0.2) is 0 Å². The number of amides is 2. The molecule has 33 heavy (non-hydrogen) atoms. The van der Waals surface area contributed by atoms with E-state index in [2.05, 4.69) is 15.6 Å². The summed E-state index contributed by atoms with van der Waals surface area (Å²) < 4.78 is 1.42. The summed E-state index contributed by atoms with van der Waals surface area (Å²) in [7, 11) is 0. The average molecular weight is 441 g/mol. The number of carbonyl (C=O) groups is 2. The highest BCUT2D eigenvalue weighted by molar-refractivity contribution is 6.03. The Hall–Kier alpha value is -4.26. The lowest BCUT2D eigenvalue weighted by Crippen LogP contribution is -2.27. The van der Waals surface area contributed by atoms with Gasteiger partial charge in [-0.15, -0.1) is 0 Å². The summed E-state index contributed by atoms with van der Waals surface area (Å²) in [5.74, 6) is -0.545. The number of carbonyl (C=O) groups excluding carboxylic acids is 2. The number of nitrogens with one attached hydrogen (secondary N) is 2. The van der Waals surface area contributed by atoms with Crippen LogP contribution >= 0.6 is 0 Å². The molecule has 1 aromatic heterocycles. The lowest BCUT2D eigenvalue weighted by atomic mass is 10.1. The second kappa shape index (κ2) is 10.4. The van der Waals surface area contributed by atoms with Crippen molar-refractivity contribution in [2.75, 3.05) is 11.9 Å². The van der Waals surface area contributed by atoms with Gasteiger partial charge < -0.3 is 10.6 Å². The molecule has 0 bridgehead atoms. The number of hydrogen-bond acceptors (Lipinski definition) is 4. The Morgan fingerprint density at radius 2 is 1.61 bits per heavy atom. The molecule has 4 rings (SSSR count). The zero-order chi connectivity index (χ0) is 23.0. The quantitative estimate of drug-likeness (QED) is 0.439. The van der Waals surface area contributed by atoms with Gasteiger partial charge in [-0.3, -0.25) is 19.0 Å². The molecule has 2 amide bonds. The van der Waals surface area contributed by atoms with E-state index in [-0.39, 0.29) is 30.3 Å². The van der Waals surface area contributed by atoms with Crippen molar-refractivity contribution in [3.05, 3.63) is 107 Å². The van der Waals surface area contributed by atoms with Crippen LogP contribution in [0.3, 0.4) is 0 Å². The van der Waals surface area contributed by atoms with Crippen molar-refractivity contribution in [2.24, 2.45) is 0 Å². The van der Waals surface area contributed by atoms with Gasteiger partial charge >= 0.3 is 0 Å². The van der Waals surface area contributed by atoms with Crippen LogP contribution in [-0.2, 0) is 17.8 Å². The van der Waals surface area contributed by atoms with E-state index in [1.165, 1.54) is 10.9 Å². The SMILES string of the molecule is O=C(CCn1cnc2ccccc2c1=O)Nc1ccccc1C(=O)NCCc1ccccc1. The first kappa shape index (κ1) is 22.0. The van der Waals surface area contributed by atoms with Gasteiger partial charge in [-0.05, 0) is 36.2 Å². The first-order valence-corrected chi connectivity index (χ1v) is 10.8. The van der Waals surface area contributed by atoms with Crippen molar-refractivity contribution in [2.45, 2.75) is 19.4 Å². The maximum atomic E-state index is 12.7. The normalized spacial score (nSPS) is 10.7. The van der Waals surface area contributed by atoms with Crippen molar-refractivity contribution in [3.8, 4) is 0 Å². The summed E-state index contributed by atoms with van der Waals surface area (Å²) in [6.45, 7) is 0.678. The maximum absolute atomic E-state index is 12.7. The van der Waals surface area contributed by atoms with Crippen molar-refractivity contribution < 1.29 is 9.59 Å². The van der Waals surface area contributed by atoms with Crippen LogP contribution in [0.1, 0.15) is 22.3 Å². The van der Waals surface area contributed by atoms with E-state index in [1.54, 1.807) is 42.5 Å². The minimum atomic E-state index is -0.292. The highest BCUT2D eigenvalue weighted by Crippen LogP contribution is 2.15. The second-order valence-corrected chi connectivity index (χ2v) is 7.60. The first-order chi connectivity index (χ1) is 16.1. The maximum Gasteiger partial charge on any atom is 0.261 e. The van der Waals surface area contributed by atoms with Crippen molar-refractivity contribution in [1.82, 2.24) is 14.9 Å². The molecule has 3 aromatic carbocycles. The van der Waals surface area contributed by atoms with Crippen LogP contribution in [0, 0.1) is 0 Å². The van der Waals surface area contributed by atoms with Crippen molar-refractivity contribution in [1.29, 1.82) is 0 Å². The van der Waals surface area contributed by atoms with Gasteiger partial charge in [0, 0.05) is 19.5 Å². The van der Waals surface area contributed by atoms with Gasteiger partial charge in [0.05, 0.1) is 28.5 Å². The van der Waals surface area contributed by atoms with E-state index in [4.69, 9.17) is 0 Å². The summed E-state index contributed by atoms with van der Waals surface area (Å²) in [5.41, 5.74) is 2.40. The fraction of sp³-hybridized carbons (Fsp3) is 0.154. The minimum Gasteiger partial charge on any atom is -0.352 e. The Labute approximate surface area is 191 Å². The molecule has 0 radical (unpaired) electrons. The number of rotatable bonds is 8. The standard InChI is InChI=1S/C26H24N4O3/c31-24(15-17-30-18-28-22-12-6-5-11-21(22)26(30)33)29-23-13-7-4-10-20(23)25(32)27-16-14-19-8-2-1-3-9-19/h1-13,18H,14-17H2,(H,27,32)(H,29,31). The topological polar surface area (TPSA) is 93.1 Å². The highest BCUT2D eigenvalue weighted by Gasteiger charge is 2.13. The highest BCUT2D eigenvalue weighted by atomic mass is 16.2. The molecule has 166 valence electrons. The van der Waals surface area contributed by atoms with E-state index in [9.17, 15) is 14.4 Å². The van der Waals surface area contributed by atoms with Crippen LogP contribution in [-0.4, -0.2) is 27.9 Å². The Morgan fingerprint density at radius 3 is 2.45 bits per heavy atom. The summed E-state index contributed by atoms with van der Waals surface area (Å²) in [5, 5.41) is 6.20. The zero-order valence-corrected chi connectivity index (χ0v) is 18.0. The Balaban J connectivity index is 1.36. The summed E-state index contributed by atoms with van der Waals surface area (Å²) in [6.07, 6.45) is 2.24. The summed E-state index contributed by atoms with van der Waals surface area (Å²) >= 11 is 0. The van der Waals surface area contributed by atoms with E-state index in [0.29, 0.717) is 28.7 Å². The molecule has 2 N–H and O–H groups in total. The van der Waals surface area contributed by atoms with Crippen LogP contribution in [0.5, 0.6) is 0 Å². The fourth-order valence-corrected chi connectivity index (χ4v) is 3.55. The van der Waals surface area contributed by atoms with E-state index in [1.807, 2.05) is 36.4 Å². The molecule has 0 saturated heterocycles. The molecule has 0 saturated carbocycles. The minimum absolute atomic E-state index is 0.0733. The third-order valence-corrected chi connectivity index (χ3v) is 5.30. The van der Waals surface area contributed by atoms with Crippen LogP contribution in [0.25, 0.3) is 10.9 Å². The molecule has 0 spiro atoms. The molecule has 0 atom stereocenters. The predicted octanol–water partition coefficient (Wildman–Crippen LogP) is 3.40. The molecule has 0 fully saturated rings. The number of hydrogen-bond donors (Lipinski definition) is 2. The van der Waals surface area contributed by atoms with Crippen molar-refractivity contribution in [3.63, 3.8) is 0 Å². The number of fused-ring (bicyclic) bond motifs is 1. The lowest BCUT2D eigenvalue weighted by molar-refractivity contribution is -0.116. The molecule has 7 heteroatoms. The van der Waals surface area contributed by atoms with Crippen LogP contribution < -0.4 is 16.2 Å². The summed E-state index contributed by atoms with van der Waals surface area (Å²) in [4.78, 5) is 42.1. The fourth-order valence-electron chi connectivity index (χ4n) is 3.55. The predicted molar refractivity (Wildman–Crippen MR) is 128 cm³/mol. The number of anilines is 1. The Morgan fingerprint density at radius 1 is 0.879 bits per heavy atom. The Kier molecular flexibility index (Phi) is 6.90. The molecule has 0 aliphatic carbocycles. The van der Waals surface area contributed by atoms with Gasteiger partial charge in [0.2, 0.25) is 5.91 Å². The molecular formula is C26H24N4O3. The average Bonchev–Trinajstić information content (AvgIpc) is 2.85. The number of aromatic nitrogens is 2. The number of benzene rings is 3. The largest absolute Gasteiger partial charge is 0.352 e. The second-order valence-electron chi connectivity index (χ2n) is 7.60. The molecule has 1 heterocycles. The van der Waals surface area contributed by atoms with Gasteiger partial charge in [-0.2, -0.15) is 0 Å². The monoisotopic (exact) mass is 440 g/mol. The van der Waals surface area contributed by atoms with Gasteiger partial charge in [-0.25, -0.2) is 4.98 Å². The van der Waals surface area contributed by atoms with Crippen LogP contribution in [0.2, 0.25) is 0 Å². The first-order valence-electron chi connectivity index (χ1n) is 10.8. The lowest BCUT2D eigenvalue weighted by Gasteiger charge is -2.12. The number of nitrogens with zero attached hydrogens (tertiary/aromatic N) is 2. The molecule has 4 aromatic rings. The van der Waals surface area contributed by atoms with Gasteiger partial charge in [0.25, 0.3) is 11.5 Å². The smallest absolute Gasteiger partial charge is 0.261 e. The molecule has 0 aliphatic rings. The third kappa shape index (κ3) is 5.51. The molecule has 0 unspecified atom stereocenters. The van der Waals surface area contributed by atoms with Gasteiger partial charge in [0.1, 0.15) is 0 Å². The van der Waals surface area contributed by atoms with Crippen molar-refractivity contribution >= 4 is 28.4 Å².